The third-order valence-corrected chi connectivity index (χ3v) is 1.33. The Morgan fingerprint density at radius 2 is 1.83 bits per heavy atom. The highest BCUT2D eigenvalue weighted by molar-refractivity contribution is 5.07. The van der Waals surface area contributed by atoms with Gasteiger partial charge < -0.3 is 4.74 Å². The quantitative estimate of drug-likeness (QED) is 0.535. The summed E-state index contributed by atoms with van der Waals surface area (Å²) >= 11 is 0. The van der Waals surface area contributed by atoms with E-state index in [0.29, 0.717) is 6.61 Å². The second kappa shape index (κ2) is 8.12. The van der Waals surface area contributed by atoms with Crippen LogP contribution < -0.4 is 0 Å². The van der Waals surface area contributed by atoms with Crippen LogP contribution in [0.1, 0.15) is 27.2 Å². The van der Waals surface area contributed by atoms with Gasteiger partial charge in [0.1, 0.15) is 6.61 Å². The lowest BCUT2D eigenvalue weighted by molar-refractivity contribution is 0.249. The molecule has 0 aromatic heterocycles. The largest absolute Gasteiger partial charge is 0.494 e. The molecule has 0 N–H and O–H groups in total. The first kappa shape index (κ1) is 11.0. The molecule has 0 unspecified atom stereocenters. The first-order chi connectivity index (χ1) is 5.89. The molecule has 1 aliphatic rings. The van der Waals surface area contributed by atoms with Crippen molar-refractivity contribution < 1.29 is 4.74 Å². The molecule has 0 saturated carbocycles. The monoisotopic (exact) mass is 166 g/mol. The van der Waals surface area contributed by atoms with E-state index >= 15 is 0 Å². The molecule has 0 spiro atoms. The van der Waals surface area contributed by atoms with Crippen LogP contribution in [0.5, 0.6) is 0 Å². The molecule has 1 aliphatic heterocycles. The summed E-state index contributed by atoms with van der Waals surface area (Å²) in [5, 5.41) is 0. The van der Waals surface area contributed by atoms with Gasteiger partial charge in [0.2, 0.25) is 0 Å². The fourth-order valence-electron chi connectivity index (χ4n) is 0.764. The Bertz CT molecular complexity index is 175. The predicted octanol–water partition coefficient (Wildman–Crippen LogP) is 3.45. The minimum absolute atomic E-state index is 0.687. The van der Waals surface area contributed by atoms with Gasteiger partial charge >= 0.3 is 0 Å². The molecule has 0 amide bonds. The lowest BCUT2D eigenvalue weighted by Gasteiger charge is -2.00. The van der Waals surface area contributed by atoms with Crippen LogP contribution in [0.2, 0.25) is 0 Å². The summed E-state index contributed by atoms with van der Waals surface area (Å²) in [5.74, 6) is 1.01. The zero-order valence-electron chi connectivity index (χ0n) is 8.21. The van der Waals surface area contributed by atoms with Crippen LogP contribution in [0.4, 0.5) is 0 Å². The third kappa shape index (κ3) is 5.78. The van der Waals surface area contributed by atoms with Crippen LogP contribution in [0.25, 0.3) is 0 Å². The number of allylic oxidation sites excluding steroid dienone is 5. The fraction of sp³-hybridized carbons (Fsp3) is 0.455. The molecule has 0 aromatic carbocycles. The van der Waals surface area contributed by atoms with Crippen molar-refractivity contribution in [1.82, 2.24) is 0 Å². The Morgan fingerprint density at radius 3 is 2.58 bits per heavy atom. The lowest BCUT2D eigenvalue weighted by atomic mass is 10.3. The lowest BCUT2D eigenvalue weighted by Crippen LogP contribution is -1.86. The average Bonchev–Trinajstić information content (AvgIpc) is 2.22. The molecule has 0 bridgehead atoms. The van der Waals surface area contributed by atoms with Gasteiger partial charge in [-0.3, -0.25) is 0 Å². The second-order valence-corrected chi connectivity index (χ2v) is 2.22. The van der Waals surface area contributed by atoms with Crippen molar-refractivity contribution in [2.45, 2.75) is 27.2 Å². The van der Waals surface area contributed by atoms with E-state index in [2.05, 4.69) is 12.2 Å². The van der Waals surface area contributed by atoms with E-state index < -0.39 is 0 Å². The van der Waals surface area contributed by atoms with E-state index in [-0.39, 0.29) is 0 Å². The molecule has 1 heterocycles. The molecule has 0 aliphatic carbocycles. The Balaban J connectivity index is 0.000000561. The zero-order chi connectivity index (χ0) is 9.23. The van der Waals surface area contributed by atoms with Crippen molar-refractivity contribution in [3.8, 4) is 0 Å². The normalized spacial score (nSPS) is 25.4. The third-order valence-electron chi connectivity index (χ3n) is 1.33. The molecule has 1 nitrogen and oxygen atoms in total. The molecular weight excluding hydrogens is 148 g/mol. The van der Waals surface area contributed by atoms with Crippen molar-refractivity contribution in [1.29, 1.82) is 0 Å². The minimum Gasteiger partial charge on any atom is -0.494 e. The highest BCUT2D eigenvalue weighted by atomic mass is 16.5. The smallest absolute Gasteiger partial charge is 0.106 e. The summed E-state index contributed by atoms with van der Waals surface area (Å²) in [6, 6.07) is 0. The Hall–Kier alpha value is -0.980. The van der Waals surface area contributed by atoms with Crippen molar-refractivity contribution >= 4 is 0 Å². The second-order valence-electron chi connectivity index (χ2n) is 2.22. The van der Waals surface area contributed by atoms with E-state index in [9.17, 15) is 0 Å². The maximum atomic E-state index is 5.30. The Kier molecular flexibility index (Phi) is 7.46. The summed E-state index contributed by atoms with van der Waals surface area (Å²) in [6.07, 6.45) is 11.2. The first-order valence-electron chi connectivity index (χ1n) is 4.51. The highest BCUT2D eigenvalue weighted by Gasteiger charge is 1.86. The standard InChI is InChI=1S/C9H12O.C2H6/c1-9-7-5-3-2-4-6-8-10-9;1-2/h2-4,6-7H,5,8H2,1H3;1-2H3/b3-2-,6-4-,9-7-;. The van der Waals surface area contributed by atoms with Gasteiger partial charge in [-0.25, -0.2) is 0 Å². The molecule has 0 atom stereocenters. The number of hydrogen-bond donors (Lipinski definition) is 0. The van der Waals surface area contributed by atoms with E-state index in [1.807, 2.05) is 39.0 Å². The number of hydrogen-bond acceptors (Lipinski definition) is 1. The summed E-state index contributed by atoms with van der Waals surface area (Å²) in [6.45, 7) is 6.67. The van der Waals surface area contributed by atoms with Crippen molar-refractivity contribution in [2.24, 2.45) is 0 Å². The molecule has 0 fully saturated rings. The molecule has 12 heavy (non-hydrogen) atoms. The van der Waals surface area contributed by atoms with Gasteiger partial charge in [0.15, 0.2) is 0 Å². The summed E-state index contributed by atoms with van der Waals surface area (Å²) in [4.78, 5) is 0. The predicted molar refractivity (Wildman–Crippen MR) is 54.0 cm³/mol. The molecule has 1 heteroatoms. The summed E-state index contributed by atoms with van der Waals surface area (Å²) in [5.41, 5.74) is 0. The fourth-order valence-corrected chi connectivity index (χ4v) is 0.764. The first-order valence-corrected chi connectivity index (χ1v) is 4.51. The topological polar surface area (TPSA) is 9.23 Å². The van der Waals surface area contributed by atoms with Crippen molar-refractivity contribution in [3.63, 3.8) is 0 Å². The molecule has 1 rings (SSSR count). The average molecular weight is 166 g/mol. The van der Waals surface area contributed by atoms with Gasteiger partial charge in [-0.2, -0.15) is 0 Å². The van der Waals surface area contributed by atoms with Crippen LogP contribution in [-0.4, -0.2) is 6.61 Å². The van der Waals surface area contributed by atoms with Gasteiger partial charge in [-0.15, -0.1) is 0 Å². The van der Waals surface area contributed by atoms with Gasteiger partial charge in [-0.1, -0.05) is 32.1 Å². The summed E-state index contributed by atoms with van der Waals surface area (Å²) in [7, 11) is 0. The molecule has 68 valence electrons. The summed E-state index contributed by atoms with van der Waals surface area (Å²) < 4.78 is 5.30. The van der Waals surface area contributed by atoms with E-state index in [4.69, 9.17) is 4.74 Å². The highest BCUT2D eigenvalue weighted by Crippen LogP contribution is 2.00. The van der Waals surface area contributed by atoms with E-state index in [1.54, 1.807) is 0 Å². The maximum Gasteiger partial charge on any atom is 0.106 e. The van der Waals surface area contributed by atoms with Crippen LogP contribution in [0.3, 0.4) is 0 Å². The van der Waals surface area contributed by atoms with Gasteiger partial charge in [0, 0.05) is 0 Å². The maximum absolute atomic E-state index is 5.30. The van der Waals surface area contributed by atoms with Gasteiger partial charge in [0.05, 0.1) is 5.76 Å². The molecule has 0 saturated heterocycles. The minimum atomic E-state index is 0.687. The molecule has 0 aromatic rings. The van der Waals surface area contributed by atoms with Crippen molar-refractivity contribution in [2.75, 3.05) is 6.61 Å². The Labute approximate surface area is 75.4 Å². The number of rotatable bonds is 0. The molecule has 0 radical (unpaired) electrons. The van der Waals surface area contributed by atoms with E-state index in [1.165, 1.54) is 0 Å². The Morgan fingerprint density at radius 1 is 1.17 bits per heavy atom. The van der Waals surface area contributed by atoms with Crippen LogP contribution >= 0.6 is 0 Å². The van der Waals surface area contributed by atoms with Crippen LogP contribution in [-0.2, 0) is 4.74 Å². The van der Waals surface area contributed by atoms with Crippen LogP contribution in [0, 0.1) is 0 Å². The molecular formula is C11H18O. The zero-order valence-corrected chi connectivity index (χ0v) is 8.21. The van der Waals surface area contributed by atoms with Gasteiger partial charge in [0.25, 0.3) is 0 Å². The van der Waals surface area contributed by atoms with Crippen LogP contribution in [0.15, 0.2) is 36.1 Å². The van der Waals surface area contributed by atoms with Crippen molar-refractivity contribution in [3.05, 3.63) is 36.1 Å². The van der Waals surface area contributed by atoms with Gasteiger partial charge in [-0.05, 0) is 25.5 Å². The van der Waals surface area contributed by atoms with E-state index in [0.717, 1.165) is 12.2 Å². The number of ether oxygens (including phenoxy) is 1. The SMILES string of the molecule is C/C1=C/C/C=C\C=C/CO1.CC.